The van der Waals surface area contributed by atoms with Crippen LogP contribution in [0.15, 0.2) is 42.5 Å². The van der Waals surface area contributed by atoms with E-state index in [2.05, 4.69) is 21.2 Å². The highest BCUT2D eigenvalue weighted by Crippen LogP contribution is 2.35. The van der Waals surface area contributed by atoms with Crippen LogP contribution in [0.2, 0.25) is 10.0 Å². The van der Waals surface area contributed by atoms with E-state index >= 15 is 0 Å². The summed E-state index contributed by atoms with van der Waals surface area (Å²) < 4.78 is 5.64. The van der Waals surface area contributed by atoms with Gasteiger partial charge in [0.05, 0.1) is 35.4 Å². The van der Waals surface area contributed by atoms with Crippen LogP contribution in [0.25, 0.3) is 22.0 Å². The number of aromatic nitrogens is 2. The lowest BCUT2D eigenvalue weighted by atomic mass is 10.0. The fourth-order valence-corrected chi connectivity index (χ4v) is 3.98. The van der Waals surface area contributed by atoms with Gasteiger partial charge in [-0.15, -0.1) is 10.2 Å². The van der Waals surface area contributed by atoms with Crippen molar-refractivity contribution in [2.45, 2.75) is 25.5 Å². The second kappa shape index (κ2) is 8.21. The molecule has 28 heavy (non-hydrogen) atoms. The summed E-state index contributed by atoms with van der Waals surface area (Å²) in [7, 11) is 0. The van der Waals surface area contributed by atoms with E-state index in [1.165, 1.54) is 0 Å². The zero-order valence-corrected chi connectivity index (χ0v) is 17.0. The number of morpholine rings is 1. The second-order valence-corrected chi connectivity index (χ2v) is 7.87. The monoisotopic (exact) mass is 417 g/mol. The standard InChI is InChI=1S/C21H21Cl2N3O2/c1-13(27)10-15-12-28-9-8-26(15)21-17-5-3-2-4-16(17)20(24-25-21)14-6-7-18(22)19(23)11-14/h2-7,11,13,15,27H,8-10,12H2,1H3. The summed E-state index contributed by atoms with van der Waals surface area (Å²) in [5.41, 5.74) is 1.63. The molecular formula is C21H21Cl2N3O2. The first-order chi connectivity index (χ1) is 13.5. The van der Waals surface area contributed by atoms with Crippen molar-refractivity contribution in [1.82, 2.24) is 10.2 Å². The van der Waals surface area contributed by atoms with Crippen molar-refractivity contribution in [3.05, 3.63) is 52.5 Å². The van der Waals surface area contributed by atoms with Crippen LogP contribution >= 0.6 is 23.2 Å². The highest BCUT2D eigenvalue weighted by Gasteiger charge is 2.27. The molecule has 1 N–H and O–H groups in total. The van der Waals surface area contributed by atoms with Gasteiger partial charge in [-0.3, -0.25) is 0 Å². The van der Waals surface area contributed by atoms with Crippen LogP contribution in [0, 0.1) is 0 Å². The SMILES string of the molecule is CC(O)CC1COCCN1c1nnc(-c2ccc(Cl)c(Cl)c2)c2ccccc12. The number of benzene rings is 2. The molecule has 1 saturated heterocycles. The number of aliphatic hydroxyl groups excluding tert-OH is 1. The van der Waals surface area contributed by atoms with Crippen molar-refractivity contribution < 1.29 is 9.84 Å². The third kappa shape index (κ3) is 3.80. The van der Waals surface area contributed by atoms with Gasteiger partial charge < -0.3 is 14.7 Å². The van der Waals surface area contributed by atoms with Crippen LogP contribution in [-0.2, 0) is 4.74 Å². The number of ether oxygens (including phenoxy) is 1. The lowest BCUT2D eigenvalue weighted by molar-refractivity contribution is 0.0718. The first-order valence-electron chi connectivity index (χ1n) is 9.28. The maximum Gasteiger partial charge on any atom is 0.159 e. The molecule has 2 aromatic carbocycles. The lowest BCUT2D eigenvalue weighted by Gasteiger charge is -2.37. The summed E-state index contributed by atoms with van der Waals surface area (Å²) in [5, 5.41) is 22.0. The molecule has 1 fully saturated rings. The highest BCUT2D eigenvalue weighted by atomic mass is 35.5. The molecule has 7 heteroatoms. The van der Waals surface area contributed by atoms with Crippen LogP contribution in [0.4, 0.5) is 5.82 Å². The Morgan fingerprint density at radius 3 is 2.68 bits per heavy atom. The first kappa shape index (κ1) is 19.4. The predicted molar refractivity (Wildman–Crippen MR) is 113 cm³/mol. The van der Waals surface area contributed by atoms with Gasteiger partial charge in [-0.1, -0.05) is 53.5 Å². The molecule has 146 valence electrons. The minimum atomic E-state index is -0.413. The number of anilines is 1. The molecule has 0 radical (unpaired) electrons. The van der Waals surface area contributed by atoms with Gasteiger partial charge in [-0.05, 0) is 25.5 Å². The van der Waals surface area contributed by atoms with Crippen molar-refractivity contribution in [3.8, 4) is 11.3 Å². The van der Waals surface area contributed by atoms with E-state index in [0.717, 1.165) is 27.8 Å². The molecule has 5 nitrogen and oxygen atoms in total. The molecule has 1 aromatic heterocycles. The number of halogens is 2. The van der Waals surface area contributed by atoms with E-state index in [1.54, 1.807) is 13.0 Å². The third-order valence-corrected chi connectivity index (χ3v) is 5.71. The Kier molecular flexibility index (Phi) is 5.69. The quantitative estimate of drug-likeness (QED) is 0.672. The van der Waals surface area contributed by atoms with Crippen LogP contribution in [0.3, 0.4) is 0 Å². The van der Waals surface area contributed by atoms with Crippen molar-refractivity contribution in [2.75, 3.05) is 24.7 Å². The highest BCUT2D eigenvalue weighted by molar-refractivity contribution is 6.42. The van der Waals surface area contributed by atoms with Crippen LogP contribution in [0.5, 0.6) is 0 Å². The summed E-state index contributed by atoms with van der Waals surface area (Å²) >= 11 is 12.3. The van der Waals surface area contributed by atoms with Gasteiger partial charge in [0, 0.05) is 22.9 Å². The smallest absolute Gasteiger partial charge is 0.159 e. The number of hydrogen-bond acceptors (Lipinski definition) is 5. The molecule has 0 amide bonds. The Morgan fingerprint density at radius 2 is 1.93 bits per heavy atom. The van der Waals surface area contributed by atoms with Crippen LogP contribution in [0.1, 0.15) is 13.3 Å². The summed E-state index contributed by atoms with van der Waals surface area (Å²) in [6.07, 6.45) is 0.203. The number of rotatable bonds is 4. The van der Waals surface area contributed by atoms with Gasteiger partial charge >= 0.3 is 0 Å². The predicted octanol–water partition coefficient (Wildman–Crippen LogP) is 4.58. The minimum Gasteiger partial charge on any atom is -0.393 e. The molecule has 0 aliphatic carbocycles. The molecule has 2 atom stereocenters. The van der Waals surface area contributed by atoms with Crippen molar-refractivity contribution in [2.24, 2.45) is 0 Å². The largest absolute Gasteiger partial charge is 0.393 e. The lowest BCUT2D eigenvalue weighted by Crippen LogP contribution is -2.47. The average Bonchev–Trinajstić information content (AvgIpc) is 2.69. The van der Waals surface area contributed by atoms with E-state index in [9.17, 15) is 5.11 Å². The van der Waals surface area contributed by atoms with Crippen LogP contribution in [-0.4, -0.2) is 47.2 Å². The number of nitrogens with zero attached hydrogens (tertiary/aromatic N) is 3. The molecular weight excluding hydrogens is 397 g/mol. The Morgan fingerprint density at radius 1 is 1.14 bits per heavy atom. The van der Waals surface area contributed by atoms with Gasteiger partial charge in [-0.2, -0.15) is 0 Å². The van der Waals surface area contributed by atoms with Crippen molar-refractivity contribution in [1.29, 1.82) is 0 Å². The molecule has 1 aliphatic rings. The summed E-state index contributed by atoms with van der Waals surface area (Å²) in [4.78, 5) is 2.20. The maximum atomic E-state index is 9.88. The Bertz CT molecular complexity index is 997. The molecule has 1 aliphatic heterocycles. The fourth-order valence-electron chi connectivity index (χ4n) is 3.68. The number of hydrogen-bond donors (Lipinski definition) is 1. The van der Waals surface area contributed by atoms with E-state index < -0.39 is 6.10 Å². The molecule has 2 unspecified atom stereocenters. The molecule has 0 saturated carbocycles. The number of fused-ring (bicyclic) bond motifs is 1. The molecule has 2 heterocycles. The Labute approximate surface area is 173 Å². The van der Waals surface area contributed by atoms with E-state index in [1.807, 2.05) is 30.3 Å². The zero-order chi connectivity index (χ0) is 19.7. The van der Waals surface area contributed by atoms with E-state index in [0.29, 0.717) is 36.2 Å². The van der Waals surface area contributed by atoms with Crippen molar-refractivity contribution >= 4 is 39.8 Å². The van der Waals surface area contributed by atoms with Gasteiger partial charge in [0.1, 0.15) is 5.69 Å². The maximum absolute atomic E-state index is 9.88. The van der Waals surface area contributed by atoms with E-state index in [4.69, 9.17) is 27.9 Å². The fraction of sp³-hybridized carbons (Fsp3) is 0.333. The zero-order valence-electron chi connectivity index (χ0n) is 15.5. The normalized spacial score (nSPS) is 18.4. The Balaban J connectivity index is 1.82. The third-order valence-electron chi connectivity index (χ3n) is 4.97. The van der Waals surface area contributed by atoms with Gasteiger partial charge in [0.15, 0.2) is 5.82 Å². The minimum absolute atomic E-state index is 0.0577. The van der Waals surface area contributed by atoms with Crippen LogP contribution < -0.4 is 4.90 Å². The molecule has 3 aromatic rings. The van der Waals surface area contributed by atoms with Gasteiger partial charge in [-0.25, -0.2) is 0 Å². The summed E-state index contributed by atoms with van der Waals surface area (Å²) in [6.45, 7) is 3.70. The number of aliphatic hydroxyl groups is 1. The molecule has 0 spiro atoms. The summed E-state index contributed by atoms with van der Waals surface area (Å²) in [5.74, 6) is 0.813. The van der Waals surface area contributed by atoms with Gasteiger partial charge in [0.25, 0.3) is 0 Å². The molecule has 0 bridgehead atoms. The van der Waals surface area contributed by atoms with Crippen molar-refractivity contribution in [3.63, 3.8) is 0 Å². The first-order valence-corrected chi connectivity index (χ1v) is 10.0. The van der Waals surface area contributed by atoms with Gasteiger partial charge in [0.2, 0.25) is 0 Å². The van der Waals surface area contributed by atoms with E-state index in [-0.39, 0.29) is 6.04 Å². The average molecular weight is 418 g/mol. The topological polar surface area (TPSA) is 58.5 Å². The second-order valence-electron chi connectivity index (χ2n) is 7.05. The molecule has 4 rings (SSSR count). The summed E-state index contributed by atoms with van der Waals surface area (Å²) in [6, 6.07) is 13.6. The Hall–Kier alpha value is -1.92.